The van der Waals surface area contributed by atoms with E-state index < -0.39 is 0 Å². The number of ketones is 1. The van der Waals surface area contributed by atoms with E-state index in [9.17, 15) is 9.59 Å². The Morgan fingerprint density at radius 1 is 1.15 bits per heavy atom. The van der Waals surface area contributed by atoms with Crippen LogP contribution in [-0.2, 0) is 11.2 Å². The van der Waals surface area contributed by atoms with Gasteiger partial charge in [-0.3, -0.25) is 9.59 Å². The number of hydrogen-bond donors (Lipinski definition) is 1. The van der Waals surface area contributed by atoms with E-state index in [0.29, 0.717) is 11.3 Å². The van der Waals surface area contributed by atoms with Gasteiger partial charge in [0.2, 0.25) is 5.91 Å². The number of Topliss-reactive ketones (excluding diaryl/α,β-unsaturated/α-hetero) is 1. The van der Waals surface area contributed by atoms with E-state index in [1.54, 1.807) is 31.4 Å². The second kappa shape index (κ2) is 8.14. The molecule has 0 unspecified atom stereocenters. The first kappa shape index (κ1) is 18.8. The molecule has 0 saturated carbocycles. The van der Waals surface area contributed by atoms with Gasteiger partial charge < -0.3 is 10.1 Å². The molecular formula is C21H20N2O3S. The van der Waals surface area contributed by atoms with E-state index in [-0.39, 0.29) is 18.1 Å². The molecule has 6 heteroatoms. The molecule has 0 radical (unpaired) electrons. The highest BCUT2D eigenvalue weighted by Crippen LogP contribution is 2.30. The summed E-state index contributed by atoms with van der Waals surface area (Å²) in [4.78, 5) is 29.4. The molecule has 0 spiro atoms. The van der Waals surface area contributed by atoms with Crippen molar-refractivity contribution in [1.29, 1.82) is 0 Å². The number of carbonyl (C=O) groups excluding carboxylic acids is 2. The van der Waals surface area contributed by atoms with E-state index in [4.69, 9.17) is 4.74 Å². The summed E-state index contributed by atoms with van der Waals surface area (Å²) in [5, 5.41) is 3.70. The van der Waals surface area contributed by atoms with Crippen molar-refractivity contribution in [1.82, 2.24) is 4.98 Å². The molecule has 2 aromatic carbocycles. The number of thiazole rings is 1. The summed E-state index contributed by atoms with van der Waals surface area (Å²) in [5.74, 6) is 0.594. The van der Waals surface area contributed by atoms with Gasteiger partial charge in [-0.1, -0.05) is 24.3 Å². The molecule has 0 atom stereocenters. The molecule has 1 amide bonds. The minimum absolute atomic E-state index is 0.0349. The van der Waals surface area contributed by atoms with Crippen molar-refractivity contribution in [2.45, 2.75) is 20.3 Å². The molecule has 3 rings (SSSR count). The number of benzene rings is 2. The Kier molecular flexibility index (Phi) is 5.66. The lowest BCUT2D eigenvalue weighted by Crippen LogP contribution is -2.14. The van der Waals surface area contributed by atoms with Crippen molar-refractivity contribution in [2.24, 2.45) is 0 Å². The first-order valence-corrected chi connectivity index (χ1v) is 9.29. The zero-order chi connectivity index (χ0) is 19.4. The Bertz CT molecular complexity index is 995. The van der Waals surface area contributed by atoms with Gasteiger partial charge in [0.25, 0.3) is 0 Å². The third-order valence-electron chi connectivity index (χ3n) is 4.08. The molecule has 27 heavy (non-hydrogen) atoms. The van der Waals surface area contributed by atoms with Gasteiger partial charge in [-0.15, -0.1) is 11.3 Å². The SMILES string of the molecule is COc1cccc(-c2nc(C)c(CC(=O)Nc3cccc(C(C)=O)c3)s2)c1. The molecule has 0 aliphatic rings. The standard InChI is InChI=1S/C21H20N2O3S/c1-13-19(27-21(22-13)16-7-5-9-18(11-16)26-3)12-20(25)23-17-8-4-6-15(10-17)14(2)24/h4-11H,12H2,1-3H3,(H,23,25). The third-order valence-corrected chi connectivity index (χ3v) is 5.29. The molecular weight excluding hydrogens is 360 g/mol. The van der Waals surface area contributed by atoms with Crippen LogP contribution in [0.4, 0.5) is 5.69 Å². The fourth-order valence-corrected chi connectivity index (χ4v) is 3.70. The molecule has 0 fully saturated rings. The molecule has 1 heterocycles. The molecule has 0 bridgehead atoms. The van der Waals surface area contributed by atoms with Crippen LogP contribution in [0.5, 0.6) is 5.75 Å². The van der Waals surface area contributed by atoms with Crippen LogP contribution in [0.15, 0.2) is 48.5 Å². The minimum Gasteiger partial charge on any atom is -0.497 e. The number of methoxy groups -OCH3 is 1. The number of amides is 1. The summed E-state index contributed by atoms with van der Waals surface area (Å²) in [6, 6.07) is 14.6. The predicted octanol–water partition coefficient (Wildman–Crippen LogP) is 4.51. The van der Waals surface area contributed by atoms with E-state index in [1.807, 2.05) is 31.2 Å². The van der Waals surface area contributed by atoms with E-state index in [2.05, 4.69) is 10.3 Å². The Morgan fingerprint density at radius 3 is 2.67 bits per heavy atom. The van der Waals surface area contributed by atoms with Gasteiger partial charge in [0.15, 0.2) is 5.78 Å². The number of anilines is 1. The third kappa shape index (κ3) is 4.60. The van der Waals surface area contributed by atoms with Gasteiger partial charge in [-0.05, 0) is 38.1 Å². The number of carbonyl (C=O) groups is 2. The summed E-state index contributed by atoms with van der Waals surface area (Å²) in [6.45, 7) is 3.40. The van der Waals surface area contributed by atoms with Gasteiger partial charge in [0.05, 0.1) is 19.2 Å². The van der Waals surface area contributed by atoms with Crippen molar-refractivity contribution in [3.8, 4) is 16.3 Å². The first-order valence-electron chi connectivity index (χ1n) is 8.48. The smallest absolute Gasteiger partial charge is 0.229 e. The number of hydrogen-bond acceptors (Lipinski definition) is 5. The molecule has 0 aliphatic carbocycles. The molecule has 1 N–H and O–H groups in total. The van der Waals surface area contributed by atoms with Gasteiger partial charge in [0, 0.05) is 21.7 Å². The highest BCUT2D eigenvalue weighted by molar-refractivity contribution is 7.15. The lowest BCUT2D eigenvalue weighted by molar-refractivity contribution is -0.115. The van der Waals surface area contributed by atoms with Crippen LogP contribution >= 0.6 is 11.3 Å². The van der Waals surface area contributed by atoms with Crippen molar-refractivity contribution < 1.29 is 14.3 Å². The molecule has 0 saturated heterocycles. The van der Waals surface area contributed by atoms with Crippen LogP contribution in [0.1, 0.15) is 27.9 Å². The van der Waals surface area contributed by atoms with Crippen LogP contribution in [0.25, 0.3) is 10.6 Å². The quantitative estimate of drug-likeness (QED) is 0.639. The number of aryl methyl sites for hydroxylation is 1. The highest BCUT2D eigenvalue weighted by Gasteiger charge is 2.14. The normalized spacial score (nSPS) is 10.5. The lowest BCUT2D eigenvalue weighted by Gasteiger charge is -2.06. The Hall–Kier alpha value is -2.99. The number of rotatable bonds is 6. The maximum Gasteiger partial charge on any atom is 0.229 e. The monoisotopic (exact) mass is 380 g/mol. The van der Waals surface area contributed by atoms with Crippen LogP contribution in [-0.4, -0.2) is 23.8 Å². The number of nitrogens with zero attached hydrogens (tertiary/aromatic N) is 1. The largest absolute Gasteiger partial charge is 0.497 e. The molecule has 138 valence electrons. The molecule has 3 aromatic rings. The second-order valence-corrected chi connectivity index (χ2v) is 7.21. The number of aromatic nitrogens is 1. The molecule has 5 nitrogen and oxygen atoms in total. The van der Waals surface area contributed by atoms with E-state index in [0.717, 1.165) is 26.9 Å². The summed E-state index contributed by atoms with van der Waals surface area (Å²) in [7, 11) is 1.63. The summed E-state index contributed by atoms with van der Waals surface area (Å²) < 4.78 is 5.26. The van der Waals surface area contributed by atoms with Crippen LogP contribution < -0.4 is 10.1 Å². The zero-order valence-corrected chi connectivity index (χ0v) is 16.2. The van der Waals surface area contributed by atoms with Crippen molar-refractivity contribution in [3.05, 3.63) is 64.7 Å². The maximum atomic E-state index is 12.4. The van der Waals surface area contributed by atoms with Crippen molar-refractivity contribution >= 4 is 28.7 Å². The fourth-order valence-electron chi connectivity index (χ4n) is 2.64. The second-order valence-electron chi connectivity index (χ2n) is 6.12. The van der Waals surface area contributed by atoms with Crippen molar-refractivity contribution in [3.63, 3.8) is 0 Å². The number of ether oxygens (including phenoxy) is 1. The Morgan fingerprint density at radius 2 is 1.93 bits per heavy atom. The zero-order valence-electron chi connectivity index (χ0n) is 15.4. The average molecular weight is 380 g/mol. The van der Waals surface area contributed by atoms with Crippen LogP contribution in [0, 0.1) is 6.92 Å². The van der Waals surface area contributed by atoms with Crippen LogP contribution in [0.3, 0.4) is 0 Å². The topological polar surface area (TPSA) is 68.3 Å². The molecule has 1 aromatic heterocycles. The van der Waals surface area contributed by atoms with Crippen molar-refractivity contribution in [2.75, 3.05) is 12.4 Å². The fraction of sp³-hybridized carbons (Fsp3) is 0.190. The number of nitrogens with one attached hydrogen (secondary N) is 1. The molecule has 0 aliphatic heterocycles. The summed E-state index contributed by atoms with van der Waals surface area (Å²) in [6.07, 6.45) is 0.234. The Labute approximate surface area is 162 Å². The van der Waals surface area contributed by atoms with Gasteiger partial charge in [-0.2, -0.15) is 0 Å². The first-order chi connectivity index (χ1) is 13.0. The van der Waals surface area contributed by atoms with Gasteiger partial charge in [-0.25, -0.2) is 4.98 Å². The van der Waals surface area contributed by atoms with E-state index in [1.165, 1.54) is 18.3 Å². The highest BCUT2D eigenvalue weighted by atomic mass is 32.1. The van der Waals surface area contributed by atoms with Gasteiger partial charge in [0.1, 0.15) is 10.8 Å². The predicted molar refractivity (Wildman–Crippen MR) is 108 cm³/mol. The summed E-state index contributed by atoms with van der Waals surface area (Å²) >= 11 is 1.50. The lowest BCUT2D eigenvalue weighted by atomic mass is 10.1. The Balaban J connectivity index is 1.74. The summed E-state index contributed by atoms with van der Waals surface area (Å²) in [5.41, 5.74) is 2.98. The average Bonchev–Trinajstić information content (AvgIpc) is 3.02. The maximum absolute atomic E-state index is 12.4. The van der Waals surface area contributed by atoms with Crippen LogP contribution in [0.2, 0.25) is 0 Å². The minimum atomic E-state index is -0.139. The van der Waals surface area contributed by atoms with Gasteiger partial charge >= 0.3 is 0 Å². The van der Waals surface area contributed by atoms with E-state index >= 15 is 0 Å².